The molecule has 0 radical (unpaired) electrons. The highest BCUT2D eigenvalue weighted by molar-refractivity contribution is 7.99. The Balaban J connectivity index is 1.41. The Hall–Kier alpha value is -3.98. The fourth-order valence-corrected chi connectivity index (χ4v) is 4.20. The highest BCUT2D eigenvalue weighted by Gasteiger charge is 2.18. The molecule has 0 saturated heterocycles. The van der Waals surface area contributed by atoms with Crippen LogP contribution >= 0.6 is 11.8 Å². The molecule has 9 heteroatoms. The molecule has 3 amide bonds. The molecule has 0 spiro atoms. The lowest BCUT2D eigenvalue weighted by atomic mass is 10.1. The van der Waals surface area contributed by atoms with Crippen LogP contribution in [-0.4, -0.2) is 32.5 Å². The van der Waals surface area contributed by atoms with Crippen molar-refractivity contribution in [2.24, 2.45) is 0 Å². The lowest BCUT2D eigenvalue weighted by Crippen LogP contribution is -2.40. The van der Waals surface area contributed by atoms with Gasteiger partial charge in [0.2, 0.25) is 5.91 Å². The van der Waals surface area contributed by atoms with Crippen molar-refractivity contribution in [3.05, 3.63) is 102 Å². The average molecular weight is 490 g/mol. The molecule has 7 nitrogen and oxygen atoms in total. The van der Waals surface area contributed by atoms with E-state index >= 15 is 0 Å². The molecule has 1 aromatic heterocycles. The van der Waals surface area contributed by atoms with E-state index in [-0.39, 0.29) is 5.75 Å². The van der Waals surface area contributed by atoms with E-state index in [0.29, 0.717) is 36.1 Å². The zero-order valence-electron chi connectivity index (χ0n) is 18.9. The van der Waals surface area contributed by atoms with Gasteiger partial charge in [-0.15, -0.1) is 10.2 Å². The summed E-state index contributed by atoms with van der Waals surface area (Å²) in [5, 5.41) is 13.8. The van der Waals surface area contributed by atoms with Gasteiger partial charge in [0.05, 0.1) is 11.3 Å². The van der Waals surface area contributed by atoms with E-state index in [1.165, 1.54) is 6.07 Å². The SMILES string of the molecule is O=C(CSc1nnc(-c2ccccc2F)n1CCc1ccccc1)NC(=O)NCc1ccccc1. The van der Waals surface area contributed by atoms with E-state index in [0.717, 1.165) is 22.9 Å². The predicted molar refractivity (Wildman–Crippen MR) is 133 cm³/mol. The Morgan fingerprint density at radius 2 is 1.51 bits per heavy atom. The van der Waals surface area contributed by atoms with E-state index in [1.54, 1.807) is 22.8 Å². The molecule has 35 heavy (non-hydrogen) atoms. The Labute approximate surface area is 206 Å². The van der Waals surface area contributed by atoms with Crippen LogP contribution in [0.5, 0.6) is 0 Å². The highest BCUT2D eigenvalue weighted by Crippen LogP contribution is 2.26. The minimum atomic E-state index is -0.572. The van der Waals surface area contributed by atoms with E-state index < -0.39 is 17.8 Å². The molecule has 178 valence electrons. The number of amides is 3. The van der Waals surface area contributed by atoms with Gasteiger partial charge in [-0.1, -0.05) is 84.6 Å². The second kappa shape index (κ2) is 11.9. The van der Waals surface area contributed by atoms with Crippen molar-refractivity contribution in [2.45, 2.75) is 24.7 Å². The van der Waals surface area contributed by atoms with Crippen molar-refractivity contribution in [2.75, 3.05) is 5.75 Å². The number of hydrogen-bond donors (Lipinski definition) is 2. The Morgan fingerprint density at radius 3 is 2.23 bits per heavy atom. The van der Waals surface area contributed by atoms with Crippen molar-refractivity contribution in [3.63, 3.8) is 0 Å². The monoisotopic (exact) mass is 489 g/mol. The zero-order chi connectivity index (χ0) is 24.5. The van der Waals surface area contributed by atoms with Crippen LogP contribution in [0.2, 0.25) is 0 Å². The molecule has 0 atom stereocenters. The molecule has 2 N–H and O–H groups in total. The summed E-state index contributed by atoms with van der Waals surface area (Å²) in [5.41, 5.74) is 2.38. The van der Waals surface area contributed by atoms with Crippen LogP contribution in [0.1, 0.15) is 11.1 Å². The molecular weight excluding hydrogens is 465 g/mol. The first-order valence-corrected chi connectivity index (χ1v) is 12.0. The summed E-state index contributed by atoms with van der Waals surface area (Å²) in [6.07, 6.45) is 0.683. The topological polar surface area (TPSA) is 88.9 Å². The number of nitrogens with one attached hydrogen (secondary N) is 2. The van der Waals surface area contributed by atoms with Gasteiger partial charge in [-0.05, 0) is 29.7 Å². The van der Waals surface area contributed by atoms with Gasteiger partial charge in [-0.25, -0.2) is 9.18 Å². The van der Waals surface area contributed by atoms with Gasteiger partial charge in [0, 0.05) is 13.1 Å². The lowest BCUT2D eigenvalue weighted by Gasteiger charge is -2.11. The minimum absolute atomic E-state index is 0.0422. The number of benzene rings is 3. The number of aromatic nitrogens is 3. The molecule has 4 aromatic rings. The number of aryl methyl sites for hydroxylation is 1. The van der Waals surface area contributed by atoms with Gasteiger partial charge in [-0.2, -0.15) is 0 Å². The second-order valence-corrected chi connectivity index (χ2v) is 8.62. The third-order valence-corrected chi connectivity index (χ3v) is 6.15. The molecule has 1 heterocycles. The average Bonchev–Trinajstić information content (AvgIpc) is 3.29. The van der Waals surface area contributed by atoms with E-state index in [1.807, 2.05) is 60.7 Å². The molecule has 0 saturated carbocycles. The van der Waals surface area contributed by atoms with Gasteiger partial charge in [0.25, 0.3) is 0 Å². The summed E-state index contributed by atoms with van der Waals surface area (Å²) in [4.78, 5) is 24.4. The van der Waals surface area contributed by atoms with Gasteiger partial charge in [0.15, 0.2) is 11.0 Å². The summed E-state index contributed by atoms with van der Waals surface area (Å²) in [6, 6.07) is 25.1. The van der Waals surface area contributed by atoms with E-state index in [9.17, 15) is 14.0 Å². The molecule has 0 aliphatic carbocycles. The van der Waals surface area contributed by atoms with Gasteiger partial charge in [0.1, 0.15) is 5.82 Å². The summed E-state index contributed by atoms with van der Waals surface area (Å²) in [5.74, 6) is -0.516. The van der Waals surface area contributed by atoms with Crippen molar-refractivity contribution >= 4 is 23.7 Å². The molecule has 3 aromatic carbocycles. The van der Waals surface area contributed by atoms with Gasteiger partial charge < -0.3 is 9.88 Å². The van der Waals surface area contributed by atoms with Crippen molar-refractivity contribution in [1.82, 2.24) is 25.4 Å². The van der Waals surface area contributed by atoms with Crippen LogP contribution in [0.25, 0.3) is 11.4 Å². The van der Waals surface area contributed by atoms with Crippen molar-refractivity contribution in [3.8, 4) is 11.4 Å². The van der Waals surface area contributed by atoms with Crippen molar-refractivity contribution < 1.29 is 14.0 Å². The maximum Gasteiger partial charge on any atom is 0.321 e. The number of carbonyl (C=O) groups is 2. The zero-order valence-corrected chi connectivity index (χ0v) is 19.7. The normalized spacial score (nSPS) is 10.7. The summed E-state index contributed by atoms with van der Waals surface area (Å²) in [7, 11) is 0. The number of imide groups is 1. The van der Waals surface area contributed by atoms with Crippen LogP contribution in [0, 0.1) is 5.82 Å². The fourth-order valence-electron chi connectivity index (χ4n) is 3.44. The number of thioether (sulfide) groups is 1. The maximum absolute atomic E-state index is 14.5. The third kappa shape index (κ3) is 6.77. The molecule has 0 fully saturated rings. The fraction of sp³-hybridized carbons (Fsp3) is 0.154. The molecule has 0 aliphatic rings. The number of urea groups is 1. The predicted octanol–water partition coefficient (Wildman–Crippen LogP) is 4.45. The molecule has 0 unspecified atom stereocenters. The number of rotatable bonds is 9. The third-order valence-electron chi connectivity index (χ3n) is 5.18. The Bertz CT molecular complexity index is 1280. The van der Waals surface area contributed by atoms with Crippen LogP contribution < -0.4 is 10.6 Å². The lowest BCUT2D eigenvalue weighted by molar-refractivity contribution is -0.117. The number of nitrogens with zero attached hydrogens (tertiary/aromatic N) is 3. The summed E-state index contributed by atoms with van der Waals surface area (Å²) >= 11 is 1.14. The number of carbonyl (C=O) groups excluding carboxylic acids is 2. The first-order valence-electron chi connectivity index (χ1n) is 11.1. The smallest absolute Gasteiger partial charge is 0.321 e. The van der Waals surface area contributed by atoms with Crippen molar-refractivity contribution in [1.29, 1.82) is 0 Å². The first-order chi connectivity index (χ1) is 17.1. The number of halogens is 1. The van der Waals surface area contributed by atoms with Crippen LogP contribution in [0.4, 0.5) is 9.18 Å². The molecule has 4 rings (SSSR count). The largest absolute Gasteiger partial charge is 0.334 e. The Morgan fingerprint density at radius 1 is 0.857 bits per heavy atom. The highest BCUT2D eigenvalue weighted by atomic mass is 32.2. The summed E-state index contributed by atoms with van der Waals surface area (Å²) < 4.78 is 16.3. The Kier molecular flexibility index (Phi) is 8.24. The maximum atomic E-state index is 14.5. The minimum Gasteiger partial charge on any atom is -0.334 e. The quantitative estimate of drug-likeness (QED) is 0.339. The molecule has 0 aliphatic heterocycles. The van der Waals surface area contributed by atoms with Crippen LogP contribution in [-0.2, 0) is 24.3 Å². The first kappa shape index (κ1) is 24.2. The van der Waals surface area contributed by atoms with E-state index in [4.69, 9.17) is 0 Å². The molecular formula is C26H24FN5O2S. The van der Waals surface area contributed by atoms with Crippen LogP contribution in [0.3, 0.4) is 0 Å². The van der Waals surface area contributed by atoms with Gasteiger partial charge >= 0.3 is 6.03 Å². The number of hydrogen-bond acceptors (Lipinski definition) is 5. The standard InChI is InChI=1S/C26H24FN5O2S/c27-22-14-8-7-13-21(22)24-30-31-26(32(24)16-15-19-9-3-1-4-10-19)35-18-23(33)29-25(34)28-17-20-11-5-2-6-12-20/h1-14H,15-18H2,(H2,28,29,33,34). The van der Waals surface area contributed by atoms with Gasteiger partial charge in [-0.3, -0.25) is 10.1 Å². The molecule has 0 bridgehead atoms. The van der Waals surface area contributed by atoms with Crippen LogP contribution in [0.15, 0.2) is 90.1 Å². The second-order valence-electron chi connectivity index (χ2n) is 7.68. The summed E-state index contributed by atoms with van der Waals surface area (Å²) in [6.45, 7) is 0.815. The van der Waals surface area contributed by atoms with E-state index in [2.05, 4.69) is 20.8 Å².